The predicted octanol–water partition coefficient (Wildman–Crippen LogP) is 4.50. The molecule has 0 aliphatic carbocycles. The van der Waals surface area contributed by atoms with Crippen molar-refractivity contribution in [2.75, 3.05) is 53.5 Å². The highest BCUT2D eigenvalue weighted by Crippen LogP contribution is 2.42. The summed E-state index contributed by atoms with van der Waals surface area (Å²) in [6, 6.07) is 16.1. The van der Waals surface area contributed by atoms with Gasteiger partial charge in [0.05, 0.1) is 36.3 Å². The normalized spacial score (nSPS) is 19.3. The molecular formula is C38H40ClN7O4. The molecule has 4 fully saturated rings. The van der Waals surface area contributed by atoms with Crippen LogP contribution in [0.2, 0.25) is 5.02 Å². The summed E-state index contributed by atoms with van der Waals surface area (Å²) in [5, 5.41) is 6.49. The maximum Gasteiger partial charge on any atom is 0.220 e. The van der Waals surface area contributed by atoms with Crippen LogP contribution in [0.15, 0.2) is 54.9 Å². The molecule has 0 saturated carbocycles. The summed E-state index contributed by atoms with van der Waals surface area (Å²) in [7, 11) is 3.33. The van der Waals surface area contributed by atoms with E-state index in [1.54, 1.807) is 20.5 Å². The Bertz CT molecular complexity index is 1860. The zero-order valence-electron chi connectivity index (χ0n) is 28.5. The largest absolute Gasteiger partial charge is 0.496 e. The van der Waals surface area contributed by atoms with Gasteiger partial charge < -0.3 is 20.1 Å². The van der Waals surface area contributed by atoms with Crippen LogP contribution in [0.1, 0.15) is 29.5 Å². The average molecular weight is 694 g/mol. The van der Waals surface area contributed by atoms with E-state index >= 15 is 0 Å². The highest BCUT2D eigenvalue weighted by Gasteiger charge is 2.49. The van der Waals surface area contributed by atoms with E-state index in [-0.39, 0.29) is 22.6 Å². The van der Waals surface area contributed by atoms with E-state index in [9.17, 15) is 9.59 Å². The fourth-order valence-electron chi connectivity index (χ4n) is 8.32. The van der Waals surface area contributed by atoms with Gasteiger partial charge in [0.2, 0.25) is 17.7 Å². The zero-order valence-corrected chi connectivity index (χ0v) is 29.3. The number of likely N-dealkylation sites (tertiary alicyclic amines) is 2. The van der Waals surface area contributed by atoms with Gasteiger partial charge in [-0.2, -0.15) is 0 Å². The van der Waals surface area contributed by atoms with Crippen LogP contribution in [0.5, 0.6) is 11.6 Å². The average Bonchev–Trinajstić information content (AvgIpc) is 3.68. The molecule has 258 valence electrons. The quantitative estimate of drug-likeness (QED) is 0.261. The van der Waals surface area contributed by atoms with Crippen LogP contribution in [0.3, 0.4) is 0 Å². The van der Waals surface area contributed by atoms with Crippen molar-refractivity contribution >= 4 is 23.4 Å². The molecule has 50 heavy (non-hydrogen) atoms. The first-order valence-corrected chi connectivity index (χ1v) is 17.4. The monoisotopic (exact) mass is 693 g/mol. The molecular weight excluding hydrogens is 654 g/mol. The van der Waals surface area contributed by atoms with Crippen molar-refractivity contribution in [3.05, 3.63) is 76.6 Å². The zero-order chi connectivity index (χ0) is 34.6. The van der Waals surface area contributed by atoms with E-state index in [4.69, 9.17) is 26.1 Å². The molecule has 8 rings (SSSR count). The van der Waals surface area contributed by atoms with Gasteiger partial charge in [-0.25, -0.2) is 15.0 Å². The Kier molecular flexibility index (Phi) is 8.24. The van der Waals surface area contributed by atoms with Gasteiger partial charge in [-0.05, 0) is 19.1 Å². The predicted molar refractivity (Wildman–Crippen MR) is 190 cm³/mol. The van der Waals surface area contributed by atoms with Gasteiger partial charge in [-0.1, -0.05) is 48.0 Å². The maximum absolute atomic E-state index is 11.8. The molecule has 4 aromatic rings. The molecule has 0 bridgehead atoms. The molecule has 2 aromatic carbocycles. The summed E-state index contributed by atoms with van der Waals surface area (Å²) >= 11 is 7.14. The number of ether oxygens (including phenoxy) is 2. The molecule has 4 aliphatic heterocycles. The van der Waals surface area contributed by atoms with Gasteiger partial charge in [-0.3, -0.25) is 19.4 Å². The lowest BCUT2D eigenvalue weighted by Crippen LogP contribution is -2.56. The maximum atomic E-state index is 11.8. The van der Waals surface area contributed by atoms with E-state index < -0.39 is 0 Å². The topological polar surface area (TPSA) is 122 Å². The van der Waals surface area contributed by atoms with Crippen molar-refractivity contribution in [3.8, 4) is 45.4 Å². The molecule has 0 unspecified atom stereocenters. The molecule has 4 saturated heterocycles. The second kappa shape index (κ2) is 12.6. The fraction of sp³-hybridized carbons (Fsp3) is 0.395. The highest BCUT2D eigenvalue weighted by atomic mass is 35.5. The minimum atomic E-state index is 0.0649. The number of halogens is 1. The number of aromatic nitrogens is 3. The number of nitrogens with one attached hydrogen (secondary N) is 2. The van der Waals surface area contributed by atoms with Gasteiger partial charge in [0, 0.05) is 109 Å². The molecule has 2 amide bonds. The Hall–Kier alpha value is -4.58. The molecule has 2 N–H and O–H groups in total. The fourth-order valence-corrected chi connectivity index (χ4v) is 8.64. The van der Waals surface area contributed by atoms with Crippen molar-refractivity contribution in [2.45, 2.75) is 32.9 Å². The second-order valence-corrected chi connectivity index (χ2v) is 14.8. The van der Waals surface area contributed by atoms with Crippen molar-refractivity contribution in [1.29, 1.82) is 0 Å². The van der Waals surface area contributed by atoms with Gasteiger partial charge in [0.1, 0.15) is 12.1 Å². The Morgan fingerprint density at radius 3 is 2.04 bits per heavy atom. The van der Waals surface area contributed by atoms with E-state index in [2.05, 4.69) is 42.5 Å². The van der Waals surface area contributed by atoms with Gasteiger partial charge >= 0.3 is 0 Å². The summed E-state index contributed by atoms with van der Waals surface area (Å²) in [5.41, 5.74) is 7.88. The van der Waals surface area contributed by atoms with Crippen molar-refractivity contribution in [1.82, 2.24) is 35.4 Å². The number of carbonyl (C=O) groups is 2. The van der Waals surface area contributed by atoms with Crippen molar-refractivity contribution in [3.63, 3.8) is 0 Å². The van der Waals surface area contributed by atoms with Crippen LogP contribution in [-0.4, -0.2) is 90.1 Å². The lowest BCUT2D eigenvalue weighted by Gasteiger charge is -2.47. The lowest BCUT2D eigenvalue weighted by atomic mass is 9.79. The Labute approximate surface area is 296 Å². The van der Waals surface area contributed by atoms with Crippen LogP contribution >= 0.6 is 11.6 Å². The Morgan fingerprint density at radius 1 is 0.800 bits per heavy atom. The van der Waals surface area contributed by atoms with Crippen molar-refractivity contribution in [2.24, 2.45) is 10.8 Å². The number of benzene rings is 2. The summed E-state index contributed by atoms with van der Waals surface area (Å²) in [6.45, 7) is 8.55. The van der Waals surface area contributed by atoms with E-state index in [1.807, 2.05) is 43.3 Å². The van der Waals surface area contributed by atoms with E-state index in [0.717, 1.165) is 96.3 Å². The van der Waals surface area contributed by atoms with Crippen LogP contribution in [0.25, 0.3) is 33.8 Å². The van der Waals surface area contributed by atoms with Crippen LogP contribution in [0, 0.1) is 17.8 Å². The van der Waals surface area contributed by atoms with E-state index in [0.29, 0.717) is 36.0 Å². The standard InChI is InChI=1S/C38H40ClN7O4/c1-23-34(24-7-8-25(30(11-24)49-2)14-45-18-37(19-45)12-31(47)40-16-37)42-22-43-35(23)28-6-4-5-27(33(28)39)29-10-9-26(36(44-29)50-3)15-46-20-38(21-46)13-32(48)41-17-38/h4-11,22H,12-21H2,1-3H3,(H,40,47)(H,41,48). The van der Waals surface area contributed by atoms with E-state index in [1.165, 1.54) is 0 Å². The Balaban J connectivity index is 1.01. The molecule has 11 nitrogen and oxygen atoms in total. The second-order valence-electron chi connectivity index (χ2n) is 14.5. The third-order valence-corrected chi connectivity index (χ3v) is 11.1. The first kappa shape index (κ1) is 32.6. The molecule has 4 aliphatic rings. The number of nitrogens with zero attached hydrogens (tertiary/aromatic N) is 5. The number of amides is 2. The SMILES string of the molecule is COc1cc(-c2ncnc(-c3cccc(-c4ccc(CN5CC6(CNC(=O)C6)C5)c(OC)n4)c3Cl)c2C)ccc1CN1CC2(CNC(=O)C2)C1. The lowest BCUT2D eigenvalue weighted by molar-refractivity contribution is -0.121. The van der Waals surface area contributed by atoms with Gasteiger partial charge in [0.15, 0.2) is 0 Å². The molecule has 6 heterocycles. The van der Waals surface area contributed by atoms with Gasteiger partial charge in [-0.15, -0.1) is 0 Å². The molecule has 0 radical (unpaired) electrons. The van der Waals surface area contributed by atoms with Gasteiger partial charge in [0.25, 0.3) is 0 Å². The summed E-state index contributed by atoms with van der Waals surface area (Å²) in [5.74, 6) is 1.65. The number of methoxy groups -OCH3 is 2. The van der Waals surface area contributed by atoms with Crippen LogP contribution in [0.4, 0.5) is 0 Å². The minimum Gasteiger partial charge on any atom is -0.496 e. The molecule has 12 heteroatoms. The first-order valence-electron chi connectivity index (χ1n) is 17.0. The van der Waals surface area contributed by atoms with Crippen molar-refractivity contribution < 1.29 is 19.1 Å². The molecule has 2 spiro atoms. The highest BCUT2D eigenvalue weighted by molar-refractivity contribution is 6.36. The Morgan fingerprint density at radius 2 is 1.42 bits per heavy atom. The van der Waals surface area contributed by atoms with Crippen LogP contribution in [-0.2, 0) is 22.7 Å². The smallest absolute Gasteiger partial charge is 0.220 e. The molecule has 0 atom stereocenters. The third kappa shape index (κ3) is 5.87. The third-order valence-electron chi connectivity index (χ3n) is 10.7. The summed E-state index contributed by atoms with van der Waals surface area (Å²) in [6.07, 6.45) is 2.79. The molecule has 2 aromatic heterocycles. The minimum absolute atomic E-state index is 0.0649. The number of carbonyl (C=O) groups excluding carboxylic acids is 2. The number of pyridine rings is 1. The number of hydrogen-bond acceptors (Lipinski definition) is 9. The first-order chi connectivity index (χ1) is 24.2. The summed E-state index contributed by atoms with van der Waals surface area (Å²) < 4.78 is 11.6. The summed E-state index contributed by atoms with van der Waals surface area (Å²) in [4.78, 5) is 42.4. The van der Waals surface area contributed by atoms with Crippen LogP contribution < -0.4 is 20.1 Å². The number of hydrogen-bond donors (Lipinski definition) is 2. The number of rotatable bonds is 9.